The Labute approximate surface area is 91.9 Å². The topological polar surface area (TPSA) is 56.7 Å². The van der Waals surface area contributed by atoms with Gasteiger partial charge in [0.05, 0.1) is 11.9 Å². The number of hydrogen-bond acceptors (Lipinski definition) is 3. The Morgan fingerprint density at radius 2 is 2.13 bits per heavy atom. The third kappa shape index (κ3) is 3.63. The molecule has 1 aromatic heterocycles. The van der Waals surface area contributed by atoms with E-state index in [0.29, 0.717) is 0 Å². The molecule has 0 aliphatic heterocycles. The standard InChI is InChI=1S/C11H22N4/c1-3-5-6-7-10(12)11-9-13-14-15(11)8-4-2/h9-10H,3-8,12H2,1-2H3. The Kier molecular flexibility index (Phi) is 5.32. The maximum atomic E-state index is 6.11. The Balaban J connectivity index is 2.48. The van der Waals surface area contributed by atoms with Crippen LogP contribution in [0.4, 0.5) is 0 Å². The Morgan fingerprint density at radius 3 is 2.80 bits per heavy atom. The molecule has 15 heavy (non-hydrogen) atoms. The molecule has 0 aliphatic rings. The van der Waals surface area contributed by atoms with Gasteiger partial charge in [-0.15, -0.1) is 5.10 Å². The first-order valence-corrected chi connectivity index (χ1v) is 5.93. The number of nitrogens with two attached hydrogens (primary N) is 1. The Bertz CT molecular complexity index is 269. The van der Waals surface area contributed by atoms with Crippen molar-refractivity contribution in [2.24, 2.45) is 5.73 Å². The number of rotatable bonds is 7. The smallest absolute Gasteiger partial charge is 0.0754 e. The van der Waals surface area contributed by atoms with Crippen molar-refractivity contribution in [2.75, 3.05) is 0 Å². The highest BCUT2D eigenvalue weighted by Crippen LogP contribution is 2.16. The van der Waals surface area contributed by atoms with Crippen molar-refractivity contribution in [2.45, 2.75) is 58.5 Å². The second-order valence-corrected chi connectivity index (χ2v) is 3.98. The molecule has 0 bridgehead atoms. The van der Waals surface area contributed by atoms with Gasteiger partial charge in [-0.1, -0.05) is 38.3 Å². The summed E-state index contributed by atoms with van der Waals surface area (Å²) in [4.78, 5) is 0. The minimum atomic E-state index is 0.0955. The fraction of sp³-hybridized carbons (Fsp3) is 0.818. The summed E-state index contributed by atoms with van der Waals surface area (Å²) in [6.07, 6.45) is 7.58. The average Bonchev–Trinajstić information content (AvgIpc) is 2.67. The largest absolute Gasteiger partial charge is 0.323 e. The van der Waals surface area contributed by atoms with Gasteiger partial charge in [-0.25, -0.2) is 4.68 Å². The van der Waals surface area contributed by atoms with E-state index in [-0.39, 0.29) is 6.04 Å². The van der Waals surface area contributed by atoms with Crippen LogP contribution in [-0.2, 0) is 6.54 Å². The fourth-order valence-electron chi connectivity index (χ4n) is 1.70. The first-order chi connectivity index (χ1) is 7.29. The minimum Gasteiger partial charge on any atom is -0.323 e. The van der Waals surface area contributed by atoms with E-state index >= 15 is 0 Å². The molecule has 0 saturated heterocycles. The van der Waals surface area contributed by atoms with E-state index in [9.17, 15) is 0 Å². The quantitative estimate of drug-likeness (QED) is 0.702. The summed E-state index contributed by atoms with van der Waals surface area (Å²) in [6.45, 7) is 5.25. The highest BCUT2D eigenvalue weighted by atomic mass is 15.4. The van der Waals surface area contributed by atoms with Gasteiger partial charge in [-0.3, -0.25) is 0 Å². The van der Waals surface area contributed by atoms with Crippen LogP contribution in [0.5, 0.6) is 0 Å². The highest BCUT2D eigenvalue weighted by molar-refractivity contribution is 5.00. The summed E-state index contributed by atoms with van der Waals surface area (Å²) in [7, 11) is 0. The molecule has 0 aliphatic carbocycles. The number of aromatic nitrogens is 3. The second-order valence-electron chi connectivity index (χ2n) is 3.98. The molecule has 0 spiro atoms. The molecular formula is C11H22N4. The zero-order valence-electron chi connectivity index (χ0n) is 9.82. The van der Waals surface area contributed by atoms with E-state index in [1.54, 1.807) is 6.20 Å². The average molecular weight is 210 g/mol. The Hall–Kier alpha value is -0.900. The van der Waals surface area contributed by atoms with Crippen LogP contribution < -0.4 is 5.73 Å². The van der Waals surface area contributed by atoms with E-state index in [1.165, 1.54) is 19.3 Å². The lowest BCUT2D eigenvalue weighted by molar-refractivity contribution is 0.499. The first-order valence-electron chi connectivity index (χ1n) is 5.93. The maximum Gasteiger partial charge on any atom is 0.0754 e. The molecular weight excluding hydrogens is 188 g/mol. The highest BCUT2D eigenvalue weighted by Gasteiger charge is 2.11. The summed E-state index contributed by atoms with van der Waals surface area (Å²) in [5, 5.41) is 7.96. The molecule has 4 heteroatoms. The molecule has 0 saturated carbocycles. The fourth-order valence-corrected chi connectivity index (χ4v) is 1.70. The van der Waals surface area contributed by atoms with Gasteiger partial charge < -0.3 is 5.73 Å². The van der Waals surface area contributed by atoms with Gasteiger partial charge in [0.1, 0.15) is 0 Å². The number of hydrogen-bond donors (Lipinski definition) is 1. The molecule has 1 heterocycles. The molecule has 0 aromatic carbocycles. The Morgan fingerprint density at radius 1 is 1.33 bits per heavy atom. The third-order valence-electron chi connectivity index (χ3n) is 2.58. The number of aryl methyl sites for hydroxylation is 1. The molecule has 1 atom stereocenters. The molecule has 4 nitrogen and oxygen atoms in total. The van der Waals surface area contributed by atoms with Gasteiger partial charge in [0.15, 0.2) is 0 Å². The molecule has 2 N–H and O–H groups in total. The predicted molar refractivity (Wildman–Crippen MR) is 61.4 cm³/mol. The lowest BCUT2D eigenvalue weighted by Gasteiger charge is -2.12. The van der Waals surface area contributed by atoms with Gasteiger partial charge >= 0.3 is 0 Å². The van der Waals surface area contributed by atoms with Crippen molar-refractivity contribution in [3.63, 3.8) is 0 Å². The van der Waals surface area contributed by atoms with Crippen LogP contribution in [0, 0.1) is 0 Å². The van der Waals surface area contributed by atoms with Crippen molar-refractivity contribution in [1.82, 2.24) is 15.0 Å². The zero-order valence-corrected chi connectivity index (χ0v) is 9.82. The van der Waals surface area contributed by atoms with Gasteiger partial charge in [0.25, 0.3) is 0 Å². The van der Waals surface area contributed by atoms with Gasteiger partial charge in [0, 0.05) is 12.6 Å². The molecule has 1 aromatic rings. The van der Waals surface area contributed by atoms with Crippen LogP contribution in [0.15, 0.2) is 6.20 Å². The second kappa shape index (κ2) is 6.56. The van der Waals surface area contributed by atoms with E-state index in [1.807, 2.05) is 4.68 Å². The minimum absolute atomic E-state index is 0.0955. The maximum absolute atomic E-state index is 6.11. The van der Waals surface area contributed by atoms with E-state index in [0.717, 1.165) is 25.1 Å². The SMILES string of the molecule is CCCCCC(N)c1cnnn1CCC. The number of unbranched alkanes of at least 4 members (excludes halogenated alkanes) is 2. The van der Waals surface area contributed by atoms with E-state index in [4.69, 9.17) is 5.73 Å². The van der Waals surface area contributed by atoms with Gasteiger partial charge in [-0.05, 0) is 12.8 Å². The monoisotopic (exact) mass is 210 g/mol. The van der Waals surface area contributed by atoms with Crippen LogP contribution in [0.1, 0.15) is 57.7 Å². The summed E-state index contributed by atoms with van der Waals surface area (Å²) in [6, 6.07) is 0.0955. The predicted octanol–water partition coefficient (Wildman–Crippen LogP) is 2.27. The van der Waals surface area contributed by atoms with E-state index in [2.05, 4.69) is 24.2 Å². The molecule has 0 fully saturated rings. The normalized spacial score (nSPS) is 13.0. The lowest BCUT2D eigenvalue weighted by Crippen LogP contribution is -2.16. The van der Waals surface area contributed by atoms with Crippen molar-refractivity contribution in [3.8, 4) is 0 Å². The summed E-state index contributed by atoms with van der Waals surface area (Å²) < 4.78 is 1.93. The van der Waals surface area contributed by atoms with Crippen LogP contribution in [-0.4, -0.2) is 15.0 Å². The molecule has 1 rings (SSSR count). The van der Waals surface area contributed by atoms with Gasteiger partial charge in [-0.2, -0.15) is 0 Å². The van der Waals surface area contributed by atoms with Crippen LogP contribution >= 0.6 is 0 Å². The molecule has 0 amide bonds. The lowest BCUT2D eigenvalue weighted by atomic mass is 10.1. The summed E-state index contributed by atoms with van der Waals surface area (Å²) in [5.74, 6) is 0. The first kappa shape index (κ1) is 12.2. The van der Waals surface area contributed by atoms with Crippen LogP contribution in [0.3, 0.4) is 0 Å². The van der Waals surface area contributed by atoms with Crippen molar-refractivity contribution < 1.29 is 0 Å². The molecule has 0 radical (unpaired) electrons. The molecule has 86 valence electrons. The summed E-state index contributed by atoms with van der Waals surface area (Å²) >= 11 is 0. The van der Waals surface area contributed by atoms with Crippen molar-refractivity contribution >= 4 is 0 Å². The number of nitrogens with zero attached hydrogens (tertiary/aromatic N) is 3. The van der Waals surface area contributed by atoms with Crippen molar-refractivity contribution in [3.05, 3.63) is 11.9 Å². The van der Waals surface area contributed by atoms with Crippen LogP contribution in [0.2, 0.25) is 0 Å². The molecule has 1 unspecified atom stereocenters. The van der Waals surface area contributed by atoms with Gasteiger partial charge in [0.2, 0.25) is 0 Å². The third-order valence-corrected chi connectivity index (χ3v) is 2.58. The van der Waals surface area contributed by atoms with Crippen molar-refractivity contribution in [1.29, 1.82) is 0 Å². The zero-order chi connectivity index (χ0) is 11.1. The summed E-state index contributed by atoms with van der Waals surface area (Å²) in [5.41, 5.74) is 7.19. The van der Waals surface area contributed by atoms with E-state index < -0.39 is 0 Å². The van der Waals surface area contributed by atoms with Crippen LogP contribution in [0.25, 0.3) is 0 Å².